The van der Waals surface area contributed by atoms with Crippen LogP contribution in [0, 0.1) is 0 Å². The molecular formula is C13H19N6O9P. The van der Waals surface area contributed by atoms with Crippen LogP contribution in [0.3, 0.4) is 0 Å². The second-order valence-electron chi connectivity index (χ2n) is 6.22. The minimum atomic E-state index is -4.91. The Morgan fingerprint density at radius 2 is 2.21 bits per heavy atom. The molecule has 1 unspecified atom stereocenters. The number of fused-ring (bicyclic) bond motifs is 1. The highest BCUT2D eigenvalue weighted by atomic mass is 31.2. The third-order valence-electron chi connectivity index (χ3n) is 4.17. The number of nitrogens with zero attached hydrogens (tertiary/aromatic N) is 3. The van der Waals surface area contributed by atoms with Crippen LogP contribution >= 0.6 is 7.82 Å². The number of esters is 1. The number of aromatic amines is 1. The molecule has 2 aromatic rings. The molecule has 16 heteroatoms. The summed E-state index contributed by atoms with van der Waals surface area (Å²) in [5.74, 6) is -1.10. The van der Waals surface area contributed by atoms with E-state index in [-0.39, 0.29) is 17.1 Å². The molecule has 3 rings (SSSR count). The van der Waals surface area contributed by atoms with Gasteiger partial charge < -0.3 is 35.8 Å². The van der Waals surface area contributed by atoms with Gasteiger partial charge in [0.25, 0.3) is 5.56 Å². The summed E-state index contributed by atoms with van der Waals surface area (Å²) < 4.78 is 27.7. The summed E-state index contributed by atoms with van der Waals surface area (Å²) in [6.07, 6.45) is -5.68. The normalized spacial score (nSPS) is 26.0. The number of aliphatic hydroxyl groups is 1. The summed E-state index contributed by atoms with van der Waals surface area (Å²) in [6, 6.07) is 0. The minimum Gasteiger partial charge on any atom is -0.456 e. The standard InChI is InChI=1S/C13H19N6O9P/c1-4(28-29(23,24)25)8-9(26-5(20)2-14)7(21)12(27-8)19-3-16-6-10(19)17-13(15)18-11(6)22/h3-4,7-9,12,21H,2,14H2,1H3,(H2,23,24,25)(H3,15,17,18,22)/t4?,7-,8-,9-,12-/m1/s1. The van der Waals surface area contributed by atoms with Crippen molar-refractivity contribution < 1.29 is 38.3 Å². The van der Waals surface area contributed by atoms with Crippen molar-refractivity contribution in [1.82, 2.24) is 19.5 Å². The van der Waals surface area contributed by atoms with Crippen LogP contribution in [0.1, 0.15) is 13.2 Å². The van der Waals surface area contributed by atoms with Crippen LogP contribution in [0.5, 0.6) is 0 Å². The van der Waals surface area contributed by atoms with Gasteiger partial charge in [-0.2, -0.15) is 4.98 Å². The third-order valence-corrected chi connectivity index (χ3v) is 4.78. The highest BCUT2D eigenvalue weighted by molar-refractivity contribution is 7.46. The van der Waals surface area contributed by atoms with Crippen LogP contribution in [0.15, 0.2) is 11.1 Å². The minimum absolute atomic E-state index is 0.0246. The van der Waals surface area contributed by atoms with Crippen LogP contribution in [0.4, 0.5) is 5.95 Å². The molecule has 0 bridgehead atoms. The maximum Gasteiger partial charge on any atom is 0.469 e. The Balaban J connectivity index is 1.99. The van der Waals surface area contributed by atoms with Crippen LogP contribution in [0.2, 0.25) is 0 Å². The smallest absolute Gasteiger partial charge is 0.456 e. The maximum atomic E-state index is 11.9. The number of carbonyl (C=O) groups is 1. The monoisotopic (exact) mass is 434 g/mol. The summed E-state index contributed by atoms with van der Waals surface area (Å²) in [7, 11) is -4.91. The first-order valence-electron chi connectivity index (χ1n) is 8.21. The lowest BCUT2D eigenvalue weighted by molar-refractivity contribution is -0.156. The van der Waals surface area contributed by atoms with Gasteiger partial charge in [0, 0.05) is 0 Å². The fraction of sp³-hybridized carbons (Fsp3) is 0.538. The van der Waals surface area contributed by atoms with Gasteiger partial charge in [0.15, 0.2) is 23.5 Å². The Morgan fingerprint density at radius 1 is 1.52 bits per heavy atom. The molecule has 2 aromatic heterocycles. The second-order valence-corrected chi connectivity index (χ2v) is 7.41. The van der Waals surface area contributed by atoms with E-state index in [0.717, 1.165) is 6.33 Å². The van der Waals surface area contributed by atoms with Gasteiger partial charge in [-0.1, -0.05) is 0 Å². The highest BCUT2D eigenvalue weighted by Gasteiger charge is 2.51. The number of rotatable bonds is 6. The van der Waals surface area contributed by atoms with E-state index >= 15 is 0 Å². The predicted octanol–water partition coefficient (Wildman–Crippen LogP) is -2.67. The van der Waals surface area contributed by atoms with Crippen molar-refractivity contribution in [3.8, 4) is 0 Å². The number of aromatic nitrogens is 4. The topological polar surface area (TPSA) is 238 Å². The fourth-order valence-electron chi connectivity index (χ4n) is 3.03. The molecule has 0 spiro atoms. The number of carbonyl (C=O) groups excluding carboxylic acids is 1. The zero-order chi connectivity index (χ0) is 21.5. The van der Waals surface area contributed by atoms with E-state index in [1.54, 1.807) is 0 Å². The van der Waals surface area contributed by atoms with Gasteiger partial charge in [-0.3, -0.25) is 23.7 Å². The number of nitrogens with one attached hydrogen (secondary N) is 1. The van der Waals surface area contributed by atoms with Crippen molar-refractivity contribution in [3.63, 3.8) is 0 Å². The molecule has 1 saturated heterocycles. The first-order valence-corrected chi connectivity index (χ1v) is 9.74. The van der Waals surface area contributed by atoms with E-state index in [1.807, 2.05) is 0 Å². The Hall–Kier alpha value is -2.39. The Labute approximate surface area is 161 Å². The third kappa shape index (κ3) is 4.30. The predicted molar refractivity (Wildman–Crippen MR) is 94.0 cm³/mol. The van der Waals surface area contributed by atoms with E-state index in [1.165, 1.54) is 11.5 Å². The summed E-state index contributed by atoms with van der Waals surface area (Å²) in [5, 5.41) is 10.7. The molecular weight excluding hydrogens is 415 g/mol. The lowest BCUT2D eigenvalue weighted by Crippen LogP contribution is -2.42. The number of phosphoric acid groups is 1. The number of nitrogens with two attached hydrogens (primary N) is 2. The molecule has 1 aliphatic rings. The van der Waals surface area contributed by atoms with Gasteiger partial charge in [-0.25, -0.2) is 9.55 Å². The van der Waals surface area contributed by atoms with Gasteiger partial charge >= 0.3 is 13.8 Å². The lowest BCUT2D eigenvalue weighted by atomic mass is 10.1. The number of hydrogen-bond acceptors (Lipinski definition) is 11. The van der Waals surface area contributed by atoms with Crippen LogP contribution in [0.25, 0.3) is 11.2 Å². The largest absolute Gasteiger partial charge is 0.469 e. The first kappa shape index (κ1) is 21.3. The number of phosphoric ester groups is 1. The average molecular weight is 434 g/mol. The molecule has 0 radical (unpaired) electrons. The van der Waals surface area contributed by atoms with Gasteiger partial charge in [0.1, 0.15) is 12.2 Å². The Bertz CT molecular complexity index is 1020. The van der Waals surface area contributed by atoms with Crippen molar-refractivity contribution in [3.05, 3.63) is 16.7 Å². The number of hydrogen-bond donors (Lipinski definition) is 6. The molecule has 29 heavy (non-hydrogen) atoms. The fourth-order valence-corrected chi connectivity index (χ4v) is 3.58. The van der Waals surface area contributed by atoms with E-state index in [2.05, 4.69) is 19.5 Å². The van der Waals surface area contributed by atoms with Crippen molar-refractivity contribution in [2.45, 2.75) is 37.6 Å². The highest BCUT2D eigenvalue weighted by Crippen LogP contribution is 2.42. The number of nitrogen functional groups attached to an aromatic ring is 1. The average Bonchev–Trinajstić information content (AvgIpc) is 3.15. The number of ether oxygens (including phenoxy) is 2. The van der Waals surface area contributed by atoms with Crippen molar-refractivity contribution in [2.24, 2.45) is 5.73 Å². The van der Waals surface area contributed by atoms with Crippen LogP contribution in [-0.4, -0.2) is 71.3 Å². The van der Waals surface area contributed by atoms with Crippen LogP contribution in [-0.2, 0) is 23.4 Å². The summed E-state index contributed by atoms with van der Waals surface area (Å²) in [4.78, 5) is 51.8. The molecule has 1 aliphatic heterocycles. The van der Waals surface area contributed by atoms with Crippen molar-refractivity contribution >= 4 is 30.9 Å². The molecule has 160 valence electrons. The van der Waals surface area contributed by atoms with Gasteiger partial charge in [0.2, 0.25) is 5.95 Å². The summed E-state index contributed by atoms with van der Waals surface area (Å²) >= 11 is 0. The van der Waals surface area contributed by atoms with Gasteiger partial charge in [-0.05, 0) is 6.92 Å². The summed E-state index contributed by atoms with van der Waals surface area (Å²) in [5.41, 5.74) is 10.0. The molecule has 8 N–H and O–H groups in total. The molecule has 15 nitrogen and oxygen atoms in total. The van der Waals surface area contributed by atoms with Gasteiger partial charge in [0.05, 0.1) is 19.0 Å². The van der Waals surface area contributed by atoms with E-state index in [4.69, 9.17) is 30.7 Å². The quantitative estimate of drug-likeness (QED) is 0.201. The lowest BCUT2D eigenvalue weighted by Gasteiger charge is -2.25. The van der Waals surface area contributed by atoms with E-state index in [9.17, 15) is 19.3 Å². The molecule has 1 fully saturated rings. The molecule has 0 aromatic carbocycles. The Kier molecular flexibility index (Phi) is 5.73. The zero-order valence-corrected chi connectivity index (χ0v) is 15.8. The zero-order valence-electron chi connectivity index (χ0n) is 14.9. The molecule has 5 atom stereocenters. The SMILES string of the molecule is CC(OP(=O)(O)O)[C@H]1O[C@@H](n2cnc3c(=O)[nH]c(N)nc32)[C@H](O)[C@H]1OC(=O)CN. The summed E-state index contributed by atoms with van der Waals surface area (Å²) in [6.45, 7) is 0.755. The number of aliphatic hydroxyl groups excluding tert-OH is 1. The first-order chi connectivity index (χ1) is 13.5. The molecule has 0 amide bonds. The molecule has 0 aliphatic carbocycles. The van der Waals surface area contributed by atoms with E-state index < -0.39 is 56.5 Å². The van der Waals surface area contributed by atoms with Crippen molar-refractivity contribution in [1.29, 1.82) is 0 Å². The maximum absolute atomic E-state index is 11.9. The molecule has 3 heterocycles. The Morgan fingerprint density at radius 3 is 2.83 bits per heavy atom. The van der Waals surface area contributed by atoms with E-state index in [0.29, 0.717) is 0 Å². The number of imidazole rings is 1. The van der Waals surface area contributed by atoms with Crippen molar-refractivity contribution in [2.75, 3.05) is 12.3 Å². The number of H-pyrrole nitrogens is 1. The van der Waals surface area contributed by atoms with Gasteiger partial charge in [-0.15, -0.1) is 0 Å². The number of anilines is 1. The van der Waals surface area contributed by atoms with Crippen LogP contribution < -0.4 is 17.0 Å². The molecule has 0 saturated carbocycles. The second kappa shape index (κ2) is 7.79.